The number of hydrogen-bond donors (Lipinski definition) is 0. The molecule has 0 saturated heterocycles. The first-order valence-electron chi connectivity index (χ1n) is 15.3. The minimum absolute atomic E-state index is 0.223. The van der Waals surface area contributed by atoms with Crippen LogP contribution in [0.2, 0.25) is 0 Å². The zero-order chi connectivity index (χ0) is 25.3. The molecule has 0 amide bonds. The van der Waals surface area contributed by atoms with Gasteiger partial charge in [0.1, 0.15) is 0 Å². The van der Waals surface area contributed by atoms with E-state index < -0.39 is 0 Å². The fourth-order valence-corrected chi connectivity index (χ4v) is 5.00. The Morgan fingerprint density at radius 3 is 1.44 bits per heavy atom. The highest BCUT2D eigenvalue weighted by atomic mass is 16.5. The number of hydrogen-bond acceptors (Lipinski definition) is 2. The third-order valence-electron chi connectivity index (χ3n) is 7.30. The Bertz CT molecular complexity index is 456. The molecule has 0 aromatic rings. The Morgan fingerprint density at radius 2 is 1.03 bits per heavy atom. The molecule has 2 nitrogen and oxygen atoms in total. The van der Waals surface area contributed by atoms with E-state index >= 15 is 0 Å². The quantitative estimate of drug-likeness (QED) is 0.0701. The van der Waals surface area contributed by atoms with Crippen LogP contribution in [0.15, 0.2) is 12.2 Å². The van der Waals surface area contributed by atoms with Crippen LogP contribution in [0.25, 0.3) is 0 Å². The van der Waals surface area contributed by atoms with E-state index in [4.69, 9.17) is 4.74 Å². The van der Waals surface area contributed by atoms with Crippen molar-refractivity contribution in [2.75, 3.05) is 6.61 Å². The standard InChI is InChI=1S/C32H62O2/c1-6-8-10-12-14-16-18-20-22-24-26-31(28-34-32(33)29(3)4)27-30(5)25-23-21-19-17-15-13-11-9-7-2/h30-31H,3,6-28H2,1-2,4-5H3. The largest absolute Gasteiger partial charge is 0.462 e. The Hall–Kier alpha value is -0.790. The molecule has 0 aliphatic rings. The van der Waals surface area contributed by atoms with Gasteiger partial charge in [0.25, 0.3) is 0 Å². The molecule has 0 aromatic heterocycles. The molecule has 202 valence electrons. The van der Waals surface area contributed by atoms with E-state index in [1.54, 1.807) is 6.92 Å². The van der Waals surface area contributed by atoms with Gasteiger partial charge in [-0.3, -0.25) is 0 Å². The fraction of sp³-hybridized carbons (Fsp3) is 0.906. The smallest absolute Gasteiger partial charge is 0.333 e. The van der Waals surface area contributed by atoms with Crippen molar-refractivity contribution >= 4 is 5.97 Å². The summed E-state index contributed by atoms with van der Waals surface area (Å²) >= 11 is 0. The molecule has 2 atom stereocenters. The van der Waals surface area contributed by atoms with Crippen molar-refractivity contribution in [1.82, 2.24) is 0 Å². The highest BCUT2D eigenvalue weighted by molar-refractivity contribution is 5.86. The van der Waals surface area contributed by atoms with Gasteiger partial charge >= 0.3 is 5.97 Å². The number of ether oxygens (including phenoxy) is 1. The Morgan fingerprint density at radius 1 is 0.647 bits per heavy atom. The SMILES string of the molecule is C=C(C)C(=O)OCC(CCCCCCCCCCCC)CC(C)CCCCCCCCCCC. The van der Waals surface area contributed by atoms with Gasteiger partial charge in [0.2, 0.25) is 0 Å². The summed E-state index contributed by atoms with van der Waals surface area (Å²) in [7, 11) is 0. The van der Waals surface area contributed by atoms with Gasteiger partial charge in [-0.15, -0.1) is 0 Å². The number of esters is 1. The molecule has 0 N–H and O–H groups in total. The van der Waals surface area contributed by atoms with Crippen LogP contribution >= 0.6 is 0 Å². The van der Waals surface area contributed by atoms with Gasteiger partial charge in [-0.05, 0) is 31.6 Å². The van der Waals surface area contributed by atoms with Gasteiger partial charge in [-0.25, -0.2) is 4.79 Å². The maximum Gasteiger partial charge on any atom is 0.333 e. The molecule has 0 saturated carbocycles. The zero-order valence-electron chi connectivity index (χ0n) is 23.9. The summed E-state index contributed by atoms with van der Waals surface area (Å²) in [6.45, 7) is 13.0. The second-order valence-corrected chi connectivity index (χ2v) is 11.2. The first-order valence-corrected chi connectivity index (χ1v) is 15.3. The monoisotopic (exact) mass is 478 g/mol. The molecule has 0 radical (unpaired) electrons. The Balaban J connectivity index is 4.03. The lowest BCUT2D eigenvalue weighted by Gasteiger charge is -2.21. The van der Waals surface area contributed by atoms with Crippen molar-refractivity contribution in [1.29, 1.82) is 0 Å². The average Bonchev–Trinajstić information content (AvgIpc) is 2.82. The van der Waals surface area contributed by atoms with Crippen LogP contribution in [0.5, 0.6) is 0 Å². The van der Waals surface area contributed by atoms with Gasteiger partial charge < -0.3 is 4.74 Å². The van der Waals surface area contributed by atoms with Crippen LogP contribution in [0.4, 0.5) is 0 Å². The van der Waals surface area contributed by atoms with Gasteiger partial charge in [-0.1, -0.05) is 156 Å². The molecule has 0 bridgehead atoms. The predicted molar refractivity (Wildman–Crippen MR) is 151 cm³/mol. The molecule has 0 rings (SSSR count). The number of unbranched alkanes of at least 4 members (excludes halogenated alkanes) is 17. The van der Waals surface area contributed by atoms with E-state index in [-0.39, 0.29) is 5.97 Å². The van der Waals surface area contributed by atoms with Crippen molar-refractivity contribution in [2.45, 2.75) is 169 Å². The molecular formula is C32H62O2. The summed E-state index contributed by atoms with van der Waals surface area (Å²) < 4.78 is 5.57. The molecule has 0 aromatic carbocycles. The second-order valence-electron chi connectivity index (χ2n) is 11.2. The maximum atomic E-state index is 11.9. The minimum atomic E-state index is -0.223. The van der Waals surface area contributed by atoms with Crippen molar-refractivity contribution in [2.24, 2.45) is 11.8 Å². The topological polar surface area (TPSA) is 26.3 Å². The van der Waals surface area contributed by atoms with Crippen LogP contribution in [-0.4, -0.2) is 12.6 Å². The summed E-state index contributed by atoms with van der Waals surface area (Å²) in [5.41, 5.74) is 0.514. The van der Waals surface area contributed by atoms with E-state index in [9.17, 15) is 4.79 Å². The molecule has 0 spiro atoms. The fourth-order valence-electron chi connectivity index (χ4n) is 5.00. The van der Waals surface area contributed by atoms with Crippen molar-refractivity contribution in [3.05, 3.63) is 12.2 Å². The highest BCUT2D eigenvalue weighted by Gasteiger charge is 2.16. The van der Waals surface area contributed by atoms with Crippen LogP contribution in [0.3, 0.4) is 0 Å². The number of rotatable bonds is 26. The lowest BCUT2D eigenvalue weighted by molar-refractivity contribution is -0.140. The van der Waals surface area contributed by atoms with Gasteiger partial charge in [-0.2, -0.15) is 0 Å². The van der Waals surface area contributed by atoms with Crippen molar-refractivity contribution in [3.63, 3.8) is 0 Å². The molecule has 0 fully saturated rings. The predicted octanol–water partition coefficient (Wildman–Crippen LogP) is 11.0. The first kappa shape index (κ1) is 33.2. The van der Waals surface area contributed by atoms with Crippen LogP contribution in [-0.2, 0) is 9.53 Å². The van der Waals surface area contributed by atoms with E-state index in [1.165, 1.54) is 141 Å². The van der Waals surface area contributed by atoms with Crippen molar-refractivity contribution < 1.29 is 9.53 Å². The van der Waals surface area contributed by atoms with Crippen LogP contribution in [0.1, 0.15) is 169 Å². The van der Waals surface area contributed by atoms with Crippen LogP contribution < -0.4 is 0 Å². The van der Waals surface area contributed by atoms with E-state index in [0.29, 0.717) is 18.1 Å². The molecule has 0 heterocycles. The first-order chi connectivity index (χ1) is 16.5. The lowest BCUT2D eigenvalue weighted by Crippen LogP contribution is -2.17. The highest BCUT2D eigenvalue weighted by Crippen LogP contribution is 2.24. The zero-order valence-corrected chi connectivity index (χ0v) is 23.9. The molecule has 34 heavy (non-hydrogen) atoms. The summed E-state index contributed by atoms with van der Waals surface area (Å²) in [5, 5.41) is 0. The van der Waals surface area contributed by atoms with Crippen LogP contribution in [0, 0.1) is 11.8 Å². The van der Waals surface area contributed by atoms with E-state index in [0.717, 1.165) is 5.92 Å². The number of carbonyl (C=O) groups excluding carboxylic acids is 1. The van der Waals surface area contributed by atoms with E-state index in [1.807, 2.05) is 0 Å². The molecule has 2 heteroatoms. The summed E-state index contributed by atoms with van der Waals surface area (Å²) in [4.78, 5) is 11.9. The normalized spacial score (nSPS) is 13.1. The van der Waals surface area contributed by atoms with Crippen molar-refractivity contribution in [3.8, 4) is 0 Å². The number of carbonyl (C=O) groups is 1. The second kappa shape index (κ2) is 25.3. The van der Waals surface area contributed by atoms with Gasteiger partial charge in [0, 0.05) is 5.57 Å². The third kappa shape index (κ3) is 23.0. The molecule has 2 unspecified atom stereocenters. The average molecular weight is 479 g/mol. The summed E-state index contributed by atoms with van der Waals surface area (Å²) in [6, 6.07) is 0. The maximum absolute atomic E-state index is 11.9. The Kier molecular flexibility index (Phi) is 24.7. The van der Waals surface area contributed by atoms with E-state index in [2.05, 4.69) is 27.4 Å². The Labute approximate surface area is 215 Å². The molecule has 0 aliphatic heterocycles. The van der Waals surface area contributed by atoms with Gasteiger partial charge in [0.15, 0.2) is 0 Å². The summed E-state index contributed by atoms with van der Waals surface area (Å²) in [6.07, 6.45) is 30.0. The molecule has 0 aliphatic carbocycles. The van der Waals surface area contributed by atoms with Gasteiger partial charge in [0.05, 0.1) is 6.61 Å². The summed E-state index contributed by atoms with van der Waals surface area (Å²) in [5.74, 6) is 1.01. The minimum Gasteiger partial charge on any atom is -0.462 e. The lowest BCUT2D eigenvalue weighted by atomic mass is 9.88. The third-order valence-corrected chi connectivity index (χ3v) is 7.30. The molecular weight excluding hydrogens is 416 g/mol.